The van der Waals surface area contributed by atoms with Gasteiger partial charge in [0.25, 0.3) is 5.91 Å². The van der Waals surface area contributed by atoms with Crippen molar-refractivity contribution < 1.29 is 4.79 Å². The van der Waals surface area contributed by atoms with Crippen LogP contribution in [0.25, 0.3) is 27.1 Å². The number of fused-ring (bicyclic) bond motifs is 2. The lowest BCUT2D eigenvalue weighted by molar-refractivity contribution is 0.0950. The summed E-state index contributed by atoms with van der Waals surface area (Å²) in [4.78, 5) is 22.4. The summed E-state index contributed by atoms with van der Waals surface area (Å²) in [5.74, 6) is -0.362. The Labute approximate surface area is 170 Å². The SMILES string of the molecule is O=C(NN=Cc1c(-c2ccccc2)nc2sccn12)c1ccc2ccccc2n1. The molecule has 0 aliphatic rings. The zero-order valence-electron chi connectivity index (χ0n) is 15.2. The number of nitrogens with zero attached hydrogens (tertiary/aromatic N) is 4. The Balaban J connectivity index is 1.43. The van der Waals surface area contributed by atoms with Gasteiger partial charge in [-0.25, -0.2) is 15.4 Å². The second kappa shape index (κ2) is 7.29. The van der Waals surface area contributed by atoms with Crippen LogP contribution in [0.4, 0.5) is 0 Å². The number of amides is 1. The number of para-hydroxylation sites is 1. The van der Waals surface area contributed by atoms with E-state index < -0.39 is 0 Å². The highest BCUT2D eigenvalue weighted by molar-refractivity contribution is 7.15. The normalized spacial score (nSPS) is 11.4. The van der Waals surface area contributed by atoms with Gasteiger partial charge in [0.2, 0.25) is 0 Å². The van der Waals surface area contributed by atoms with Crippen LogP contribution in [0.1, 0.15) is 16.2 Å². The first kappa shape index (κ1) is 17.3. The van der Waals surface area contributed by atoms with E-state index in [0.717, 1.165) is 32.8 Å². The van der Waals surface area contributed by atoms with Gasteiger partial charge in [-0.15, -0.1) is 11.3 Å². The van der Waals surface area contributed by atoms with Crippen molar-refractivity contribution in [2.45, 2.75) is 0 Å². The Kier molecular flexibility index (Phi) is 4.34. The monoisotopic (exact) mass is 397 g/mol. The molecule has 2 aromatic carbocycles. The van der Waals surface area contributed by atoms with Crippen LogP contribution in [0.15, 0.2) is 83.4 Å². The highest BCUT2D eigenvalue weighted by atomic mass is 32.1. The molecule has 0 radical (unpaired) electrons. The molecule has 5 aromatic rings. The highest BCUT2D eigenvalue weighted by Gasteiger charge is 2.13. The number of hydrogen-bond acceptors (Lipinski definition) is 5. The van der Waals surface area contributed by atoms with E-state index in [-0.39, 0.29) is 5.91 Å². The molecule has 0 unspecified atom stereocenters. The van der Waals surface area contributed by atoms with Gasteiger partial charge in [0.15, 0.2) is 4.96 Å². The average Bonchev–Trinajstić information content (AvgIpc) is 3.36. The number of benzene rings is 2. The molecule has 3 heterocycles. The van der Waals surface area contributed by atoms with E-state index in [9.17, 15) is 4.79 Å². The summed E-state index contributed by atoms with van der Waals surface area (Å²) in [7, 11) is 0. The minimum atomic E-state index is -0.362. The molecule has 0 fully saturated rings. The molecule has 1 amide bonds. The molecular weight excluding hydrogens is 382 g/mol. The number of nitrogens with one attached hydrogen (secondary N) is 1. The Morgan fingerprint density at radius 3 is 2.72 bits per heavy atom. The average molecular weight is 397 g/mol. The van der Waals surface area contributed by atoms with Gasteiger partial charge in [0, 0.05) is 22.5 Å². The van der Waals surface area contributed by atoms with Crippen molar-refractivity contribution in [2.75, 3.05) is 0 Å². The van der Waals surface area contributed by atoms with Crippen LogP contribution in [0.3, 0.4) is 0 Å². The van der Waals surface area contributed by atoms with Gasteiger partial charge >= 0.3 is 0 Å². The fraction of sp³-hybridized carbons (Fsp3) is 0. The zero-order valence-corrected chi connectivity index (χ0v) is 16.0. The molecule has 0 saturated carbocycles. The first-order valence-corrected chi connectivity index (χ1v) is 9.88. The van der Waals surface area contributed by atoms with E-state index in [0.29, 0.717) is 5.69 Å². The summed E-state index contributed by atoms with van der Waals surface area (Å²) in [6.07, 6.45) is 3.56. The topological polar surface area (TPSA) is 71.7 Å². The quantitative estimate of drug-likeness (QED) is 0.361. The standard InChI is InChI=1S/C22H15N5OS/c28-21(18-11-10-15-6-4-5-9-17(15)24-18)26-23-14-19-20(16-7-2-1-3-8-16)25-22-27(19)12-13-29-22/h1-14H,(H,26,28). The highest BCUT2D eigenvalue weighted by Crippen LogP contribution is 2.25. The fourth-order valence-electron chi connectivity index (χ4n) is 3.14. The van der Waals surface area contributed by atoms with Crippen molar-refractivity contribution in [2.24, 2.45) is 5.10 Å². The minimum absolute atomic E-state index is 0.318. The van der Waals surface area contributed by atoms with Crippen molar-refractivity contribution in [1.82, 2.24) is 19.8 Å². The summed E-state index contributed by atoms with van der Waals surface area (Å²) in [5.41, 5.74) is 6.27. The summed E-state index contributed by atoms with van der Waals surface area (Å²) in [6.45, 7) is 0. The fourth-order valence-corrected chi connectivity index (χ4v) is 3.86. The summed E-state index contributed by atoms with van der Waals surface area (Å²) >= 11 is 1.55. The summed E-state index contributed by atoms with van der Waals surface area (Å²) < 4.78 is 1.96. The molecule has 0 atom stereocenters. The van der Waals surface area contributed by atoms with Gasteiger partial charge in [-0.2, -0.15) is 5.10 Å². The molecule has 29 heavy (non-hydrogen) atoms. The summed E-state index contributed by atoms with van der Waals surface area (Å²) in [6, 6.07) is 21.1. The number of carbonyl (C=O) groups excluding carboxylic acids is 1. The van der Waals surface area contributed by atoms with Crippen LogP contribution in [0, 0.1) is 0 Å². The van der Waals surface area contributed by atoms with Crippen molar-refractivity contribution in [3.63, 3.8) is 0 Å². The lowest BCUT2D eigenvalue weighted by Crippen LogP contribution is -2.19. The third kappa shape index (κ3) is 3.28. The Morgan fingerprint density at radius 2 is 1.83 bits per heavy atom. The molecule has 0 aliphatic carbocycles. The van der Waals surface area contributed by atoms with Gasteiger partial charge in [0.1, 0.15) is 5.69 Å². The lowest BCUT2D eigenvalue weighted by atomic mass is 10.1. The number of rotatable bonds is 4. The maximum atomic E-state index is 12.5. The number of thiazole rings is 1. The smallest absolute Gasteiger partial charge is 0.289 e. The first-order chi connectivity index (χ1) is 14.3. The van der Waals surface area contributed by atoms with E-state index in [1.54, 1.807) is 23.6 Å². The molecule has 3 aromatic heterocycles. The molecule has 0 aliphatic heterocycles. The van der Waals surface area contributed by atoms with Crippen LogP contribution in [-0.4, -0.2) is 26.5 Å². The molecule has 0 bridgehead atoms. The van der Waals surface area contributed by atoms with Gasteiger partial charge in [-0.05, 0) is 12.1 Å². The van der Waals surface area contributed by atoms with Gasteiger partial charge in [-0.3, -0.25) is 9.20 Å². The Morgan fingerprint density at radius 1 is 1.00 bits per heavy atom. The minimum Gasteiger partial charge on any atom is -0.289 e. The third-order valence-corrected chi connectivity index (χ3v) is 5.29. The predicted octanol–water partition coefficient (Wildman–Crippen LogP) is 4.37. The van der Waals surface area contributed by atoms with Crippen molar-refractivity contribution in [3.8, 4) is 11.3 Å². The van der Waals surface area contributed by atoms with Crippen molar-refractivity contribution in [1.29, 1.82) is 0 Å². The van der Waals surface area contributed by atoms with Crippen LogP contribution in [-0.2, 0) is 0 Å². The number of carbonyl (C=O) groups is 1. The number of aromatic nitrogens is 3. The van der Waals surface area contributed by atoms with Gasteiger partial charge < -0.3 is 0 Å². The number of hydrazone groups is 1. The molecule has 0 saturated heterocycles. The van der Waals surface area contributed by atoms with E-state index >= 15 is 0 Å². The summed E-state index contributed by atoms with van der Waals surface area (Å²) in [5, 5.41) is 7.11. The molecule has 140 valence electrons. The largest absolute Gasteiger partial charge is 0.289 e. The predicted molar refractivity (Wildman–Crippen MR) is 115 cm³/mol. The van der Waals surface area contributed by atoms with Crippen molar-refractivity contribution in [3.05, 3.63) is 89.7 Å². The maximum Gasteiger partial charge on any atom is 0.289 e. The zero-order chi connectivity index (χ0) is 19.6. The van der Waals surface area contributed by atoms with E-state index in [1.807, 2.05) is 76.6 Å². The Hall–Kier alpha value is -3.84. The van der Waals surface area contributed by atoms with E-state index in [1.165, 1.54) is 0 Å². The molecule has 0 spiro atoms. The van der Waals surface area contributed by atoms with Gasteiger partial charge in [-0.1, -0.05) is 54.6 Å². The molecular formula is C22H15N5OS. The van der Waals surface area contributed by atoms with Gasteiger partial charge in [0.05, 0.1) is 23.1 Å². The molecule has 1 N–H and O–H groups in total. The Bertz CT molecular complexity index is 1350. The van der Waals surface area contributed by atoms with E-state index in [4.69, 9.17) is 4.98 Å². The molecule has 7 heteroatoms. The van der Waals surface area contributed by atoms with Crippen molar-refractivity contribution >= 4 is 39.3 Å². The number of hydrogen-bond donors (Lipinski definition) is 1. The second-order valence-electron chi connectivity index (χ2n) is 6.36. The third-order valence-electron chi connectivity index (χ3n) is 4.53. The number of imidazole rings is 1. The van der Waals surface area contributed by atoms with Crippen LogP contribution >= 0.6 is 11.3 Å². The first-order valence-electron chi connectivity index (χ1n) is 9.00. The second-order valence-corrected chi connectivity index (χ2v) is 7.23. The molecule has 5 rings (SSSR count). The lowest BCUT2D eigenvalue weighted by Gasteiger charge is -2.02. The maximum absolute atomic E-state index is 12.5. The van der Waals surface area contributed by atoms with E-state index in [2.05, 4.69) is 15.5 Å². The van der Waals surface area contributed by atoms with Crippen LogP contribution < -0.4 is 5.43 Å². The molecule has 6 nitrogen and oxygen atoms in total. The van der Waals surface area contributed by atoms with Crippen LogP contribution in [0.2, 0.25) is 0 Å². The van der Waals surface area contributed by atoms with Crippen LogP contribution in [0.5, 0.6) is 0 Å². The number of pyridine rings is 1.